The molecule has 1 aliphatic heterocycles. The molecule has 84 valence electrons. The molecule has 1 aromatic rings. The van der Waals surface area contributed by atoms with Crippen LogP contribution >= 0.6 is 18.7 Å². The van der Waals surface area contributed by atoms with Gasteiger partial charge in [-0.25, -0.2) is 0 Å². The van der Waals surface area contributed by atoms with Crippen LogP contribution in [0, 0.1) is 0 Å². The SMILES string of the molecule is CC1=CP(=O)(c2ccccc2)CC(C)=C1Cl. The lowest BCUT2D eigenvalue weighted by Crippen LogP contribution is -2.10. The third-order valence-electron chi connectivity index (χ3n) is 2.79. The molecule has 0 fully saturated rings. The molecule has 1 aromatic carbocycles. The van der Waals surface area contributed by atoms with E-state index in [9.17, 15) is 4.57 Å². The highest BCUT2D eigenvalue weighted by atomic mass is 35.5. The van der Waals surface area contributed by atoms with Crippen molar-refractivity contribution in [1.29, 1.82) is 0 Å². The Morgan fingerprint density at radius 1 is 1.19 bits per heavy atom. The Bertz CT molecular complexity index is 514. The van der Waals surface area contributed by atoms with E-state index in [1.54, 1.807) is 0 Å². The highest BCUT2D eigenvalue weighted by Crippen LogP contribution is 2.53. The largest absolute Gasteiger partial charge is 0.314 e. The third-order valence-corrected chi connectivity index (χ3v) is 6.33. The van der Waals surface area contributed by atoms with Crippen LogP contribution in [0.25, 0.3) is 0 Å². The summed E-state index contributed by atoms with van der Waals surface area (Å²) < 4.78 is 12.8. The van der Waals surface area contributed by atoms with Crippen molar-refractivity contribution in [2.24, 2.45) is 0 Å². The van der Waals surface area contributed by atoms with E-state index < -0.39 is 7.14 Å². The summed E-state index contributed by atoms with van der Waals surface area (Å²) in [7, 11) is -2.42. The van der Waals surface area contributed by atoms with E-state index in [0.717, 1.165) is 21.5 Å². The van der Waals surface area contributed by atoms with Gasteiger partial charge in [-0.15, -0.1) is 0 Å². The molecule has 2 rings (SSSR count). The first-order valence-electron chi connectivity index (χ1n) is 5.22. The van der Waals surface area contributed by atoms with Gasteiger partial charge in [-0.2, -0.15) is 0 Å². The summed E-state index contributed by atoms with van der Waals surface area (Å²) in [6, 6.07) is 9.64. The second kappa shape index (κ2) is 4.24. The molecule has 1 nitrogen and oxygen atoms in total. The fourth-order valence-corrected chi connectivity index (χ4v) is 5.03. The minimum atomic E-state index is -2.42. The summed E-state index contributed by atoms with van der Waals surface area (Å²) in [5.41, 5.74) is 1.95. The van der Waals surface area contributed by atoms with Gasteiger partial charge in [0.1, 0.15) is 7.14 Å². The molecule has 0 bridgehead atoms. The van der Waals surface area contributed by atoms with Gasteiger partial charge in [0.25, 0.3) is 0 Å². The van der Waals surface area contributed by atoms with Gasteiger partial charge in [0.15, 0.2) is 0 Å². The lowest BCUT2D eigenvalue weighted by atomic mass is 10.2. The van der Waals surface area contributed by atoms with E-state index >= 15 is 0 Å². The smallest absolute Gasteiger partial charge is 0.140 e. The van der Waals surface area contributed by atoms with Crippen molar-refractivity contribution in [1.82, 2.24) is 0 Å². The van der Waals surface area contributed by atoms with Crippen molar-refractivity contribution in [3.8, 4) is 0 Å². The molecule has 0 aromatic heterocycles. The first-order valence-corrected chi connectivity index (χ1v) is 7.56. The number of allylic oxidation sites excluding steroid dienone is 3. The van der Waals surface area contributed by atoms with Crippen LogP contribution in [0.2, 0.25) is 0 Å². The Morgan fingerprint density at radius 3 is 2.38 bits per heavy atom. The molecule has 3 heteroatoms. The molecule has 0 spiro atoms. The van der Waals surface area contributed by atoms with Crippen LogP contribution in [0.4, 0.5) is 0 Å². The topological polar surface area (TPSA) is 17.1 Å². The summed E-state index contributed by atoms with van der Waals surface area (Å²) in [6.45, 7) is 3.87. The fraction of sp³-hybridized carbons (Fsp3) is 0.231. The fourth-order valence-electron chi connectivity index (χ4n) is 2.02. The minimum Gasteiger partial charge on any atom is -0.314 e. The van der Waals surface area contributed by atoms with Crippen molar-refractivity contribution in [3.63, 3.8) is 0 Å². The highest BCUT2D eigenvalue weighted by Gasteiger charge is 2.27. The first-order chi connectivity index (χ1) is 7.53. The number of hydrogen-bond acceptors (Lipinski definition) is 1. The van der Waals surface area contributed by atoms with E-state index in [4.69, 9.17) is 11.6 Å². The Hall–Kier alpha value is -0.780. The van der Waals surface area contributed by atoms with Crippen LogP contribution in [0.15, 0.2) is 52.3 Å². The molecule has 1 aliphatic rings. The molecule has 0 amide bonds. The zero-order valence-electron chi connectivity index (χ0n) is 9.40. The Labute approximate surface area is 101 Å². The molecule has 1 heterocycles. The molecule has 0 saturated carbocycles. The predicted molar refractivity (Wildman–Crippen MR) is 70.9 cm³/mol. The Kier molecular flexibility index (Phi) is 3.10. The average molecular weight is 253 g/mol. The normalized spacial score (nSPS) is 25.6. The number of rotatable bonds is 1. The molecule has 1 unspecified atom stereocenters. The van der Waals surface area contributed by atoms with Gasteiger partial charge in [-0.05, 0) is 30.8 Å². The van der Waals surface area contributed by atoms with Crippen LogP contribution in [0.5, 0.6) is 0 Å². The summed E-state index contributed by atoms with van der Waals surface area (Å²) in [5, 5.41) is 1.68. The molecular weight excluding hydrogens is 239 g/mol. The van der Waals surface area contributed by atoms with Gasteiger partial charge >= 0.3 is 0 Å². The molecule has 0 aliphatic carbocycles. The minimum absolute atomic E-state index is 0.563. The van der Waals surface area contributed by atoms with Crippen molar-refractivity contribution in [2.45, 2.75) is 13.8 Å². The van der Waals surface area contributed by atoms with Gasteiger partial charge in [0.2, 0.25) is 0 Å². The van der Waals surface area contributed by atoms with E-state index in [2.05, 4.69) is 0 Å². The zero-order chi connectivity index (χ0) is 11.8. The van der Waals surface area contributed by atoms with Crippen molar-refractivity contribution in [2.75, 3.05) is 6.16 Å². The molecule has 0 radical (unpaired) electrons. The van der Waals surface area contributed by atoms with Gasteiger partial charge in [-0.3, -0.25) is 0 Å². The van der Waals surface area contributed by atoms with E-state index in [0.29, 0.717) is 6.16 Å². The van der Waals surface area contributed by atoms with Crippen molar-refractivity contribution < 1.29 is 4.57 Å². The number of halogens is 1. The van der Waals surface area contributed by atoms with Crippen molar-refractivity contribution in [3.05, 3.63) is 52.3 Å². The number of benzene rings is 1. The molecule has 1 atom stereocenters. The van der Waals surface area contributed by atoms with Crippen molar-refractivity contribution >= 4 is 24.0 Å². The van der Waals surface area contributed by atoms with Gasteiger partial charge in [0, 0.05) is 16.5 Å². The van der Waals surface area contributed by atoms with Crippen LogP contribution in [0.1, 0.15) is 13.8 Å². The molecular formula is C13H14ClOP. The predicted octanol–water partition coefficient (Wildman–Crippen LogP) is 4.11. The third kappa shape index (κ3) is 2.03. The van der Waals surface area contributed by atoms with Gasteiger partial charge in [0.05, 0.1) is 0 Å². The summed E-state index contributed by atoms with van der Waals surface area (Å²) >= 11 is 6.12. The van der Waals surface area contributed by atoms with Crippen LogP contribution in [-0.4, -0.2) is 6.16 Å². The van der Waals surface area contributed by atoms with E-state index in [1.807, 2.05) is 50.0 Å². The first kappa shape index (κ1) is 11.7. The van der Waals surface area contributed by atoms with Crippen LogP contribution in [-0.2, 0) is 4.57 Å². The van der Waals surface area contributed by atoms with Gasteiger partial charge < -0.3 is 4.57 Å². The highest BCUT2D eigenvalue weighted by molar-refractivity contribution is 7.74. The van der Waals surface area contributed by atoms with Gasteiger partial charge in [-0.1, -0.05) is 41.9 Å². The maximum absolute atomic E-state index is 12.8. The standard InChI is InChI=1S/C13H14ClOP/c1-10-8-16(15,9-11(2)13(10)14)12-6-4-3-5-7-12/h3-8H,9H2,1-2H3. The monoisotopic (exact) mass is 252 g/mol. The Balaban J connectivity index is 2.49. The maximum atomic E-state index is 12.8. The molecule has 16 heavy (non-hydrogen) atoms. The molecule has 0 N–H and O–H groups in total. The summed E-state index contributed by atoms with van der Waals surface area (Å²) in [5.74, 6) is 1.84. The molecule has 0 saturated heterocycles. The van der Waals surface area contributed by atoms with E-state index in [1.165, 1.54) is 0 Å². The average Bonchev–Trinajstić information content (AvgIpc) is 2.27. The quantitative estimate of drug-likeness (QED) is 0.688. The summed E-state index contributed by atoms with van der Waals surface area (Å²) in [4.78, 5) is 0. The summed E-state index contributed by atoms with van der Waals surface area (Å²) in [6.07, 6.45) is 0.563. The van der Waals surface area contributed by atoms with Crippen LogP contribution < -0.4 is 5.30 Å². The van der Waals surface area contributed by atoms with Crippen LogP contribution in [0.3, 0.4) is 0 Å². The lowest BCUT2D eigenvalue weighted by Gasteiger charge is -2.22. The number of hydrogen-bond donors (Lipinski definition) is 0. The maximum Gasteiger partial charge on any atom is 0.140 e. The second-order valence-corrected chi connectivity index (χ2v) is 7.26. The Morgan fingerprint density at radius 2 is 1.81 bits per heavy atom. The zero-order valence-corrected chi connectivity index (χ0v) is 11.1. The second-order valence-electron chi connectivity index (χ2n) is 4.20. The van der Waals surface area contributed by atoms with E-state index in [-0.39, 0.29) is 0 Å². The lowest BCUT2D eigenvalue weighted by molar-refractivity contribution is 0.587.